The van der Waals surface area contributed by atoms with Gasteiger partial charge < -0.3 is 9.55 Å². The summed E-state index contributed by atoms with van der Waals surface area (Å²) >= 11 is 0. The van der Waals surface area contributed by atoms with Crippen molar-refractivity contribution in [2.45, 2.75) is 4.90 Å². The van der Waals surface area contributed by atoms with E-state index in [2.05, 4.69) is 27.9 Å². The maximum absolute atomic E-state index is 11.7. The molecular weight excluding hydrogens is 332 g/mol. The molecule has 0 radical (unpaired) electrons. The van der Waals surface area contributed by atoms with Gasteiger partial charge in [0.25, 0.3) is 0 Å². The summed E-state index contributed by atoms with van der Waals surface area (Å²) in [7, 11) is -1.15. The number of aromatic amines is 1. The van der Waals surface area contributed by atoms with Crippen molar-refractivity contribution in [2.75, 3.05) is 6.26 Å². The normalized spacial score (nSPS) is 11.9. The van der Waals surface area contributed by atoms with E-state index in [0.29, 0.717) is 4.90 Å². The molecule has 0 bridgehead atoms. The van der Waals surface area contributed by atoms with E-state index in [9.17, 15) is 8.42 Å². The van der Waals surface area contributed by atoms with Crippen molar-refractivity contribution in [1.29, 1.82) is 0 Å². The monoisotopic (exact) mass is 350 g/mol. The quantitative estimate of drug-likeness (QED) is 0.601. The fraction of sp³-hybridized carbons (Fsp3) is 0.100. The Balaban J connectivity index is 1.86. The molecule has 2 heterocycles. The molecule has 5 heteroatoms. The minimum absolute atomic E-state index is 0.332. The number of benzene rings is 2. The highest BCUT2D eigenvalue weighted by atomic mass is 32.2. The van der Waals surface area contributed by atoms with E-state index in [-0.39, 0.29) is 0 Å². The van der Waals surface area contributed by atoms with Crippen LogP contribution in [0.25, 0.3) is 33.2 Å². The SMILES string of the molecule is Cn1cc(-c2c[nH]cc2-c2ccc(S(C)(=O)=O)cc2)c2ccccc21. The summed E-state index contributed by atoms with van der Waals surface area (Å²) < 4.78 is 25.4. The zero-order valence-corrected chi connectivity index (χ0v) is 14.8. The third-order valence-corrected chi connectivity index (χ3v) is 5.65. The number of aromatic nitrogens is 2. The van der Waals surface area contributed by atoms with Crippen molar-refractivity contribution in [3.8, 4) is 22.3 Å². The van der Waals surface area contributed by atoms with Crippen LogP contribution in [-0.4, -0.2) is 24.2 Å². The van der Waals surface area contributed by atoms with Gasteiger partial charge in [-0.25, -0.2) is 8.42 Å². The smallest absolute Gasteiger partial charge is 0.175 e. The van der Waals surface area contributed by atoms with Crippen molar-refractivity contribution in [3.63, 3.8) is 0 Å². The molecule has 0 aliphatic heterocycles. The number of sulfone groups is 1. The van der Waals surface area contributed by atoms with Gasteiger partial charge in [-0.05, 0) is 23.8 Å². The highest BCUT2D eigenvalue weighted by molar-refractivity contribution is 7.90. The third kappa shape index (κ3) is 2.66. The summed E-state index contributed by atoms with van der Waals surface area (Å²) in [5, 5.41) is 1.19. The molecule has 0 fully saturated rings. The molecule has 0 saturated carbocycles. The minimum Gasteiger partial charge on any atom is -0.366 e. The van der Waals surface area contributed by atoms with E-state index in [1.54, 1.807) is 12.1 Å². The molecule has 4 nitrogen and oxygen atoms in total. The number of hydrogen-bond acceptors (Lipinski definition) is 2. The molecule has 0 amide bonds. The summed E-state index contributed by atoms with van der Waals surface area (Å²) in [6.07, 6.45) is 7.29. The van der Waals surface area contributed by atoms with E-state index in [0.717, 1.165) is 22.3 Å². The van der Waals surface area contributed by atoms with Crippen LogP contribution in [0.5, 0.6) is 0 Å². The first-order valence-electron chi connectivity index (χ1n) is 7.97. The van der Waals surface area contributed by atoms with Gasteiger partial charge in [-0.3, -0.25) is 0 Å². The number of H-pyrrole nitrogens is 1. The summed E-state index contributed by atoms with van der Waals surface area (Å²) in [6.45, 7) is 0. The second-order valence-electron chi connectivity index (χ2n) is 6.25. The second-order valence-corrected chi connectivity index (χ2v) is 8.27. The van der Waals surface area contributed by atoms with Crippen molar-refractivity contribution in [1.82, 2.24) is 9.55 Å². The van der Waals surface area contributed by atoms with Gasteiger partial charge in [-0.1, -0.05) is 30.3 Å². The Kier molecular flexibility index (Phi) is 3.54. The van der Waals surface area contributed by atoms with Gasteiger partial charge in [0.15, 0.2) is 9.84 Å². The van der Waals surface area contributed by atoms with Crippen LogP contribution in [0.1, 0.15) is 0 Å². The number of nitrogens with zero attached hydrogens (tertiary/aromatic N) is 1. The molecule has 126 valence electrons. The van der Waals surface area contributed by atoms with E-state index in [1.807, 2.05) is 43.7 Å². The van der Waals surface area contributed by atoms with Crippen molar-refractivity contribution in [2.24, 2.45) is 7.05 Å². The van der Waals surface area contributed by atoms with Crippen LogP contribution in [0.3, 0.4) is 0 Å². The van der Waals surface area contributed by atoms with Gasteiger partial charge in [0, 0.05) is 59.5 Å². The number of para-hydroxylation sites is 1. The summed E-state index contributed by atoms with van der Waals surface area (Å²) in [5.74, 6) is 0. The summed E-state index contributed by atoms with van der Waals surface area (Å²) in [4.78, 5) is 3.52. The number of rotatable bonds is 3. The molecular formula is C20H18N2O2S. The zero-order valence-electron chi connectivity index (χ0n) is 14.0. The Morgan fingerprint density at radius 2 is 1.56 bits per heavy atom. The van der Waals surface area contributed by atoms with E-state index in [4.69, 9.17) is 0 Å². The number of nitrogens with one attached hydrogen (secondary N) is 1. The molecule has 0 saturated heterocycles. The fourth-order valence-corrected chi connectivity index (χ4v) is 3.89. The van der Waals surface area contributed by atoms with Crippen LogP contribution in [0.15, 0.2) is 72.0 Å². The van der Waals surface area contributed by atoms with Crippen molar-refractivity contribution in [3.05, 3.63) is 67.1 Å². The largest absolute Gasteiger partial charge is 0.366 e. The summed E-state index contributed by atoms with van der Waals surface area (Å²) in [5.41, 5.74) is 5.47. The maximum Gasteiger partial charge on any atom is 0.175 e. The van der Waals surface area contributed by atoms with E-state index >= 15 is 0 Å². The van der Waals surface area contributed by atoms with E-state index < -0.39 is 9.84 Å². The molecule has 0 spiro atoms. The molecule has 1 N–H and O–H groups in total. The predicted molar refractivity (Wildman–Crippen MR) is 101 cm³/mol. The molecule has 0 aliphatic rings. The molecule has 2 aromatic carbocycles. The average Bonchev–Trinajstić information content (AvgIpc) is 3.19. The average molecular weight is 350 g/mol. The molecule has 0 atom stereocenters. The Hall–Kier alpha value is -2.79. The minimum atomic E-state index is -3.19. The van der Waals surface area contributed by atoms with Crippen LogP contribution in [-0.2, 0) is 16.9 Å². The Morgan fingerprint density at radius 1 is 0.880 bits per heavy atom. The molecule has 25 heavy (non-hydrogen) atoms. The lowest BCUT2D eigenvalue weighted by Gasteiger charge is -2.05. The van der Waals surface area contributed by atoms with Crippen molar-refractivity contribution >= 4 is 20.7 Å². The number of aryl methyl sites for hydroxylation is 1. The number of hydrogen-bond donors (Lipinski definition) is 1. The predicted octanol–water partition coefficient (Wildman–Crippen LogP) is 4.24. The Labute approximate surface area is 146 Å². The lowest BCUT2D eigenvalue weighted by atomic mass is 9.99. The van der Waals surface area contributed by atoms with Crippen LogP contribution >= 0.6 is 0 Å². The van der Waals surface area contributed by atoms with Crippen LogP contribution in [0.2, 0.25) is 0 Å². The van der Waals surface area contributed by atoms with Gasteiger partial charge in [-0.15, -0.1) is 0 Å². The van der Waals surface area contributed by atoms with Gasteiger partial charge in [-0.2, -0.15) is 0 Å². The van der Waals surface area contributed by atoms with Gasteiger partial charge in [0.05, 0.1) is 4.90 Å². The van der Waals surface area contributed by atoms with Crippen molar-refractivity contribution < 1.29 is 8.42 Å². The Bertz CT molecular complexity index is 1170. The first kappa shape index (κ1) is 15.7. The second kappa shape index (κ2) is 5.63. The van der Waals surface area contributed by atoms with Crippen LogP contribution in [0, 0.1) is 0 Å². The van der Waals surface area contributed by atoms with E-state index in [1.165, 1.54) is 17.2 Å². The first-order chi connectivity index (χ1) is 11.9. The molecule has 0 aliphatic carbocycles. The zero-order chi connectivity index (χ0) is 17.6. The molecule has 4 aromatic rings. The summed E-state index contributed by atoms with van der Waals surface area (Å²) in [6, 6.07) is 15.3. The van der Waals surface area contributed by atoms with Gasteiger partial charge >= 0.3 is 0 Å². The number of fused-ring (bicyclic) bond motifs is 1. The van der Waals surface area contributed by atoms with Gasteiger partial charge in [0.1, 0.15) is 0 Å². The Morgan fingerprint density at radius 3 is 2.28 bits per heavy atom. The molecule has 4 rings (SSSR count). The molecule has 2 aromatic heterocycles. The van der Waals surface area contributed by atoms with Crippen LogP contribution < -0.4 is 0 Å². The van der Waals surface area contributed by atoms with Crippen LogP contribution in [0.4, 0.5) is 0 Å². The highest BCUT2D eigenvalue weighted by Crippen LogP contribution is 2.37. The lowest BCUT2D eigenvalue weighted by Crippen LogP contribution is -1.96. The molecule has 0 unspecified atom stereocenters. The van der Waals surface area contributed by atoms with Gasteiger partial charge in [0.2, 0.25) is 0 Å². The standard InChI is InChI=1S/C20H18N2O2S/c1-22-13-19(16-5-3-4-6-20(16)22)18-12-21-11-17(18)14-7-9-15(10-8-14)25(2,23)24/h3-13,21H,1-2H3. The maximum atomic E-state index is 11.7. The third-order valence-electron chi connectivity index (χ3n) is 4.53. The topological polar surface area (TPSA) is 54.9 Å². The highest BCUT2D eigenvalue weighted by Gasteiger charge is 2.14. The lowest BCUT2D eigenvalue weighted by molar-refractivity contribution is 0.602. The first-order valence-corrected chi connectivity index (χ1v) is 9.86. The fourth-order valence-electron chi connectivity index (χ4n) is 3.26.